The molecule has 0 bridgehead atoms. The number of fused-ring (bicyclic) bond motifs is 1. The number of carboxylic acid groups (broad SMARTS) is 1. The maximum Gasteiger partial charge on any atom is 0.305 e. The first kappa shape index (κ1) is 32.8. The number of aliphatic hydroxyl groups excluding tert-OH is 2. The minimum Gasteiger partial charge on any atom is -0.481 e. The van der Waals surface area contributed by atoms with Gasteiger partial charge in [0.2, 0.25) is 5.75 Å². The van der Waals surface area contributed by atoms with Gasteiger partial charge in [0.25, 0.3) is 0 Å². The normalized spacial score (nSPS) is 12.4. The molecule has 6 aromatic rings. The third-order valence-electron chi connectivity index (χ3n) is 7.30. The van der Waals surface area contributed by atoms with Gasteiger partial charge in [-0.25, -0.2) is 0 Å². The molecule has 2 atom stereocenters. The van der Waals surface area contributed by atoms with Crippen molar-refractivity contribution in [2.75, 3.05) is 0 Å². The summed E-state index contributed by atoms with van der Waals surface area (Å²) < 4.78 is 26.0. The summed E-state index contributed by atoms with van der Waals surface area (Å²) >= 11 is 0. The van der Waals surface area contributed by atoms with E-state index in [-0.39, 0.29) is 17.9 Å². The Balaban J connectivity index is 1.55. The van der Waals surface area contributed by atoms with Crippen LogP contribution < -0.4 is 18.9 Å². The Bertz CT molecular complexity index is 2020. The average Bonchev–Trinajstić information content (AvgIpc) is 3.11. The first-order valence-electron chi connectivity index (χ1n) is 15.6. The van der Waals surface area contributed by atoms with E-state index in [9.17, 15) is 15.0 Å². The van der Waals surface area contributed by atoms with Crippen molar-refractivity contribution in [1.29, 1.82) is 0 Å². The number of hydrogen-bond acceptors (Lipinski definition) is 8. The Morgan fingerprint density at radius 2 is 1.12 bits per heavy atom. The van der Waals surface area contributed by atoms with Crippen LogP contribution in [0.4, 0.5) is 0 Å². The fourth-order valence-electron chi connectivity index (χ4n) is 5.05. The number of benzene rings is 5. The van der Waals surface area contributed by atoms with E-state index in [1.807, 2.05) is 121 Å². The summed E-state index contributed by atoms with van der Waals surface area (Å²) in [6.45, 7) is 0. The molecule has 9 nitrogen and oxygen atoms in total. The molecule has 49 heavy (non-hydrogen) atoms. The standard InChI is InChI=1S/C40H33NO8/c42-28(23-29(43)24-36(44)45)22-21-27-26-41-37-34(38(27)47-31-15-7-2-8-16-31)25-35(46-30-13-5-1-6-14-30)39(48-32-17-9-3-10-18-32)40(37)49-33-19-11-4-12-20-33/h1-22,25-26,28-29,42-43H,23-24H2,(H,44,45)/b22-21+/t28-,29-/m1/s1. The molecule has 0 aliphatic carbocycles. The van der Waals surface area contributed by atoms with E-state index in [0.717, 1.165) is 0 Å². The Hall–Kier alpha value is -6.16. The maximum atomic E-state index is 11.0. The van der Waals surface area contributed by atoms with E-state index < -0.39 is 24.6 Å². The number of aliphatic carboxylic acids is 1. The van der Waals surface area contributed by atoms with Crippen LogP contribution >= 0.6 is 0 Å². The zero-order valence-electron chi connectivity index (χ0n) is 26.3. The zero-order valence-corrected chi connectivity index (χ0v) is 26.3. The molecule has 0 aliphatic rings. The Kier molecular flexibility index (Phi) is 10.4. The molecule has 0 spiro atoms. The van der Waals surface area contributed by atoms with Crippen LogP contribution in [0.5, 0.6) is 46.0 Å². The van der Waals surface area contributed by atoms with Gasteiger partial charge in [-0.1, -0.05) is 84.9 Å². The van der Waals surface area contributed by atoms with Crippen LogP contribution in [0.3, 0.4) is 0 Å². The highest BCUT2D eigenvalue weighted by Crippen LogP contribution is 2.51. The SMILES string of the molecule is O=C(O)C[C@H](O)C[C@H](O)/C=C/c1cnc2c(Oc3ccccc3)c(Oc3ccccc3)c(Oc3ccccc3)cc2c1Oc1ccccc1. The topological polar surface area (TPSA) is 128 Å². The molecule has 0 fully saturated rings. The van der Waals surface area contributed by atoms with Gasteiger partial charge in [0, 0.05) is 18.2 Å². The number of ether oxygens (including phenoxy) is 4. The maximum absolute atomic E-state index is 11.0. The van der Waals surface area contributed by atoms with Crippen LogP contribution in [-0.4, -0.2) is 38.5 Å². The Labute approximate surface area is 282 Å². The quantitative estimate of drug-likeness (QED) is 0.105. The van der Waals surface area contributed by atoms with E-state index in [1.54, 1.807) is 18.3 Å². The summed E-state index contributed by atoms with van der Waals surface area (Å²) in [4.78, 5) is 15.8. The number of pyridine rings is 1. The van der Waals surface area contributed by atoms with E-state index in [0.29, 0.717) is 51.0 Å². The van der Waals surface area contributed by atoms with Gasteiger partial charge in [-0.05, 0) is 54.6 Å². The van der Waals surface area contributed by atoms with Crippen LogP contribution in [-0.2, 0) is 4.79 Å². The van der Waals surface area contributed by atoms with E-state index >= 15 is 0 Å². The second-order valence-electron chi connectivity index (χ2n) is 11.0. The smallest absolute Gasteiger partial charge is 0.305 e. The molecular weight excluding hydrogens is 622 g/mol. The molecule has 0 radical (unpaired) electrons. The molecule has 0 unspecified atom stereocenters. The highest BCUT2D eigenvalue weighted by Gasteiger charge is 2.25. The fraction of sp³-hybridized carbons (Fsp3) is 0.100. The van der Waals surface area contributed by atoms with Gasteiger partial charge in [0.1, 0.15) is 34.3 Å². The summed E-state index contributed by atoms with van der Waals surface area (Å²) in [5.74, 6) is 2.32. The van der Waals surface area contributed by atoms with Crippen molar-refractivity contribution >= 4 is 22.9 Å². The van der Waals surface area contributed by atoms with Crippen molar-refractivity contribution in [3.8, 4) is 46.0 Å². The second-order valence-corrected chi connectivity index (χ2v) is 11.0. The number of hydrogen-bond donors (Lipinski definition) is 3. The predicted octanol–water partition coefficient (Wildman–Crippen LogP) is 9.00. The molecule has 3 N–H and O–H groups in total. The molecular formula is C40H33NO8. The van der Waals surface area contributed by atoms with Gasteiger partial charge in [0.05, 0.1) is 24.0 Å². The Morgan fingerprint density at radius 3 is 1.63 bits per heavy atom. The fourth-order valence-corrected chi connectivity index (χ4v) is 5.05. The van der Waals surface area contributed by atoms with Gasteiger partial charge in [-0.3, -0.25) is 9.78 Å². The molecule has 0 saturated carbocycles. The van der Waals surface area contributed by atoms with Crippen LogP contribution in [0, 0.1) is 0 Å². The van der Waals surface area contributed by atoms with Crippen LogP contribution in [0.15, 0.2) is 140 Å². The summed E-state index contributed by atoms with van der Waals surface area (Å²) in [5.41, 5.74) is 0.909. The number of carbonyl (C=O) groups is 1. The van der Waals surface area contributed by atoms with Gasteiger partial charge in [0.15, 0.2) is 11.5 Å². The van der Waals surface area contributed by atoms with E-state index in [2.05, 4.69) is 0 Å². The van der Waals surface area contributed by atoms with Crippen LogP contribution in [0.2, 0.25) is 0 Å². The molecule has 6 rings (SSSR count). The lowest BCUT2D eigenvalue weighted by atomic mass is 10.1. The first-order chi connectivity index (χ1) is 23.9. The number of carboxylic acids is 1. The van der Waals surface area contributed by atoms with E-state index in [4.69, 9.17) is 29.0 Å². The predicted molar refractivity (Wildman–Crippen MR) is 186 cm³/mol. The van der Waals surface area contributed by atoms with Crippen LogP contribution in [0.1, 0.15) is 18.4 Å². The van der Waals surface area contributed by atoms with Crippen molar-refractivity contribution in [3.63, 3.8) is 0 Å². The molecule has 0 aliphatic heterocycles. The molecule has 1 heterocycles. The number of nitrogens with zero attached hydrogens (tertiary/aromatic N) is 1. The molecule has 246 valence electrons. The lowest BCUT2D eigenvalue weighted by molar-refractivity contribution is -0.139. The highest BCUT2D eigenvalue weighted by atomic mass is 16.5. The highest BCUT2D eigenvalue weighted by molar-refractivity contribution is 5.97. The Morgan fingerprint density at radius 1 is 0.653 bits per heavy atom. The molecule has 5 aromatic carbocycles. The van der Waals surface area contributed by atoms with Crippen molar-refractivity contribution < 1.29 is 39.1 Å². The molecule has 0 amide bonds. The lowest BCUT2D eigenvalue weighted by Crippen LogP contribution is -2.19. The van der Waals surface area contributed by atoms with E-state index in [1.165, 1.54) is 6.08 Å². The number of rotatable bonds is 14. The average molecular weight is 656 g/mol. The second kappa shape index (κ2) is 15.6. The van der Waals surface area contributed by atoms with Crippen LogP contribution in [0.25, 0.3) is 17.0 Å². The number of aromatic nitrogens is 1. The van der Waals surface area contributed by atoms with Crippen molar-refractivity contribution in [2.45, 2.75) is 25.0 Å². The monoisotopic (exact) mass is 655 g/mol. The number of aliphatic hydroxyl groups is 2. The minimum absolute atomic E-state index is 0.164. The van der Waals surface area contributed by atoms with Gasteiger partial charge in [-0.15, -0.1) is 0 Å². The molecule has 0 saturated heterocycles. The van der Waals surface area contributed by atoms with Crippen molar-refractivity contribution in [1.82, 2.24) is 4.98 Å². The first-order valence-corrected chi connectivity index (χ1v) is 15.6. The summed E-state index contributed by atoms with van der Waals surface area (Å²) in [6, 6.07) is 38.8. The van der Waals surface area contributed by atoms with Gasteiger partial charge >= 0.3 is 5.97 Å². The molecule has 9 heteroatoms. The number of para-hydroxylation sites is 4. The molecule has 1 aromatic heterocycles. The largest absolute Gasteiger partial charge is 0.481 e. The third kappa shape index (κ3) is 8.61. The van der Waals surface area contributed by atoms with Gasteiger partial charge in [-0.2, -0.15) is 0 Å². The third-order valence-corrected chi connectivity index (χ3v) is 7.30. The zero-order chi connectivity index (χ0) is 34.0. The van der Waals surface area contributed by atoms with Crippen molar-refractivity contribution in [2.24, 2.45) is 0 Å². The summed E-state index contributed by atoms with van der Waals surface area (Å²) in [6.07, 6.45) is 1.67. The summed E-state index contributed by atoms with van der Waals surface area (Å²) in [5, 5.41) is 30.2. The van der Waals surface area contributed by atoms with Gasteiger partial charge < -0.3 is 34.3 Å². The summed E-state index contributed by atoms with van der Waals surface area (Å²) in [7, 11) is 0. The lowest BCUT2D eigenvalue weighted by Gasteiger charge is -2.20. The minimum atomic E-state index is -1.22. The van der Waals surface area contributed by atoms with Crippen molar-refractivity contribution in [3.05, 3.63) is 145 Å².